The number of carbonyl (C=O) groups is 1. The van der Waals surface area contributed by atoms with Crippen molar-refractivity contribution in [2.75, 3.05) is 25.0 Å². The molecule has 2 aromatic heterocycles. The molecule has 1 aliphatic rings. The van der Waals surface area contributed by atoms with E-state index in [-0.39, 0.29) is 18.4 Å². The third-order valence-corrected chi connectivity index (χ3v) is 5.39. The van der Waals surface area contributed by atoms with Gasteiger partial charge in [0.05, 0.1) is 12.3 Å². The van der Waals surface area contributed by atoms with E-state index < -0.39 is 0 Å². The molecule has 6 nitrogen and oxygen atoms in total. The van der Waals surface area contributed by atoms with Gasteiger partial charge in [0.2, 0.25) is 0 Å². The zero-order valence-electron chi connectivity index (χ0n) is 13.5. The van der Waals surface area contributed by atoms with Crippen LogP contribution in [0.1, 0.15) is 33.3 Å². The normalized spacial score (nSPS) is 17.0. The molecule has 0 spiro atoms. The van der Waals surface area contributed by atoms with E-state index in [2.05, 4.69) is 38.8 Å². The van der Waals surface area contributed by atoms with Crippen LogP contribution < -0.4 is 10.6 Å². The van der Waals surface area contributed by atoms with Gasteiger partial charge in [-0.05, 0) is 29.5 Å². The summed E-state index contributed by atoms with van der Waals surface area (Å²) in [5.74, 6) is -0.0195. The fourth-order valence-corrected chi connectivity index (χ4v) is 4.13. The molecule has 1 unspecified atom stereocenters. The van der Waals surface area contributed by atoms with E-state index in [1.54, 1.807) is 6.20 Å². The maximum atomic E-state index is 12.4. The summed E-state index contributed by atoms with van der Waals surface area (Å²) in [5.41, 5.74) is 1.95. The monoisotopic (exact) mass is 354 g/mol. The number of aliphatic hydroxyl groups excluding tert-OH is 1. The van der Waals surface area contributed by atoms with Gasteiger partial charge in [0.15, 0.2) is 5.13 Å². The van der Waals surface area contributed by atoms with Crippen LogP contribution in [0.15, 0.2) is 36.7 Å². The van der Waals surface area contributed by atoms with Crippen LogP contribution >= 0.6 is 11.3 Å². The smallest absolute Gasteiger partial charge is 0.263 e. The number of pyridine rings is 1. The second-order valence-electron chi connectivity index (χ2n) is 5.96. The second-order valence-corrected chi connectivity index (χ2v) is 6.96. The van der Waals surface area contributed by atoms with Crippen LogP contribution in [0.3, 0.4) is 0 Å². The van der Waals surface area contributed by atoms with Gasteiger partial charge in [-0.25, -0.2) is 4.98 Å². The SMILES string of the molecule is O=C1NCCC(c2ccc3ccncc3c2)c2nc(NCCO)sc21. The molecule has 128 valence electrons. The maximum absolute atomic E-state index is 12.4. The van der Waals surface area contributed by atoms with Crippen LogP contribution in [0.4, 0.5) is 5.13 Å². The van der Waals surface area contributed by atoms with E-state index in [0.717, 1.165) is 28.5 Å². The summed E-state index contributed by atoms with van der Waals surface area (Å²) in [5, 5.41) is 17.9. The maximum Gasteiger partial charge on any atom is 0.263 e. The fourth-order valence-electron chi connectivity index (χ4n) is 3.16. The molecule has 1 atom stereocenters. The molecule has 0 radical (unpaired) electrons. The first-order chi connectivity index (χ1) is 12.3. The Morgan fingerprint density at radius 1 is 1.32 bits per heavy atom. The molecule has 0 saturated heterocycles. The Hall–Kier alpha value is -2.51. The Morgan fingerprint density at radius 3 is 3.12 bits per heavy atom. The van der Waals surface area contributed by atoms with Crippen molar-refractivity contribution < 1.29 is 9.90 Å². The van der Waals surface area contributed by atoms with Gasteiger partial charge in [0.1, 0.15) is 4.88 Å². The summed E-state index contributed by atoms with van der Waals surface area (Å²) in [6, 6.07) is 8.31. The van der Waals surface area contributed by atoms with Crippen molar-refractivity contribution in [1.82, 2.24) is 15.3 Å². The number of aliphatic hydroxyl groups is 1. The summed E-state index contributed by atoms with van der Waals surface area (Å²) in [4.78, 5) is 21.9. The number of thiazole rings is 1. The highest BCUT2D eigenvalue weighted by Crippen LogP contribution is 2.36. The molecule has 25 heavy (non-hydrogen) atoms. The minimum Gasteiger partial charge on any atom is -0.395 e. The molecule has 0 aliphatic carbocycles. The third kappa shape index (κ3) is 3.08. The van der Waals surface area contributed by atoms with Crippen LogP contribution in [0, 0.1) is 0 Å². The van der Waals surface area contributed by atoms with Crippen LogP contribution in [0.2, 0.25) is 0 Å². The van der Waals surface area contributed by atoms with Gasteiger partial charge in [-0.1, -0.05) is 23.5 Å². The number of anilines is 1. The van der Waals surface area contributed by atoms with E-state index in [0.29, 0.717) is 23.1 Å². The zero-order valence-corrected chi connectivity index (χ0v) is 14.3. The van der Waals surface area contributed by atoms with E-state index in [1.807, 2.05) is 12.3 Å². The van der Waals surface area contributed by atoms with Crippen LogP contribution in [-0.2, 0) is 0 Å². The lowest BCUT2D eigenvalue weighted by atomic mass is 9.91. The summed E-state index contributed by atoms with van der Waals surface area (Å²) in [6.45, 7) is 1.06. The number of nitrogens with one attached hydrogen (secondary N) is 2. The van der Waals surface area contributed by atoms with Gasteiger partial charge >= 0.3 is 0 Å². The topological polar surface area (TPSA) is 87.1 Å². The third-order valence-electron chi connectivity index (χ3n) is 4.36. The van der Waals surface area contributed by atoms with Crippen LogP contribution in [0.25, 0.3) is 10.8 Å². The molecule has 4 rings (SSSR count). The van der Waals surface area contributed by atoms with Gasteiger partial charge in [-0.15, -0.1) is 0 Å². The molecule has 0 bridgehead atoms. The number of benzene rings is 1. The Balaban J connectivity index is 1.77. The molecular weight excluding hydrogens is 336 g/mol. The molecule has 3 N–H and O–H groups in total. The first-order valence-electron chi connectivity index (χ1n) is 8.23. The van der Waals surface area contributed by atoms with Gasteiger partial charge in [0, 0.05) is 36.8 Å². The average molecular weight is 354 g/mol. The first kappa shape index (κ1) is 16.0. The van der Waals surface area contributed by atoms with Crippen molar-refractivity contribution in [2.45, 2.75) is 12.3 Å². The molecule has 7 heteroatoms. The molecule has 3 heterocycles. The quantitative estimate of drug-likeness (QED) is 0.669. The van der Waals surface area contributed by atoms with Crippen molar-refractivity contribution in [3.63, 3.8) is 0 Å². The number of carbonyl (C=O) groups excluding carboxylic acids is 1. The number of rotatable bonds is 4. The minimum atomic E-state index is -0.0745. The van der Waals surface area contributed by atoms with Crippen LogP contribution in [0.5, 0.6) is 0 Å². The van der Waals surface area contributed by atoms with Crippen molar-refractivity contribution >= 4 is 33.1 Å². The van der Waals surface area contributed by atoms with Crippen molar-refractivity contribution in [3.05, 3.63) is 52.8 Å². The number of fused-ring (bicyclic) bond motifs is 2. The van der Waals surface area contributed by atoms with E-state index >= 15 is 0 Å². The van der Waals surface area contributed by atoms with Crippen LogP contribution in [-0.4, -0.2) is 40.7 Å². The van der Waals surface area contributed by atoms with Gasteiger partial charge in [0.25, 0.3) is 5.91 Å². The summed E-state index contributed by atoms with van der Waals surface area (Å²) in [6.07, 6.45) is 4.44. The fraction of sp³-hybridized carbons (Fsp3) is 0.278. The van der Waals surface area contributed by atoms with E-state index in [4.69, 9.17) is 5.11 Å². The highest BCUT2D eigenvalue weighted by atomic mass is 32.1. The Labute approximate surface area is 148 Å². The minimum absolute atomic E-state index is 0.0253. The Bertz CT molecular complexity index is 924. The van der Waals surface area contributed by atoms with E-state index in [1.165, 1.54) is 11.3 Å². The van der Waals surface area contributed by atoms with Crippen molar-refractivity contribution in [1.29, 1.82) is 0 Å². The predicted molar refractivity (Wildman–Crippen MR) is 98.2 cm³/mol. The molecular formula is C18H18N4O2S. The summed E-state index contributed by atoms with van der Waals surface area (Å²) in [7, 11) is 0. The molecule has 1 amide bonds. The highest BCUT2D eigenvalue weighted by molar-refractivity contribution is 7.17. The molecule has 3 aromatic rings. The van der Waals surface area contributed by atoms with Gasteiger partial charge in [-0.3, -0.25) is 9.78 Å². The first-order valence-corrected chi connectivity index (χ1v) is 9.05. The molecule has 1 aromatic carbocycles. The number of nitrogens with zero attached hydrogens (tertiary/aromatic N) is 2. The summed E-state index contributed by atoms with van der Waals surface area (Å²) < 4.78 is 0. The number of amides is 1. The molecule has 0 fully saturated rings. The number of aromatic nitrogens is 2. The lowest BCUT2D eigenvalue weighted by molar-refractivity contribution is 0.0960. The standard InChI is InChI=1S/C18H18N4O2S/c23-8-7-21-18-22-15-14(4-6-20-17(24)16(15)25-18)12-2-1-11-3-5-19-10-13(11)9-12/h1-3,5,9-10,14,23H,4,6-8H2,(H,20,24)(H,21,22). The van der Waals surface area contributed by atoms with E-state index in [9.17, 15) is 4.79 Å². The number of hydrogen-bond donors (Lipinski definition) is 3. The highest BCUT2D eigenvalue weighted by Gasteiger charge is 2.29. The predicted octanol–water partition coefficient (Wildman–Crippen LogP) is 2.36. The van der Waals surface area contributed by atoms with Crippen molar-refractivity contribution in [2.24, 2.45) is 0 Å². The molecule has 0 saturated carbocycles. The van der Waals surface area contributed by atoms with Gasteiger partial charge < -0.3 is 15.7 Å². The Morgan fingerprint density at radius 2 is 2.24 bits per heavy atom. The molecule has 1 aliphatic heterocycles. The summed E-state index contributed by atoms with van der Waals surface area (Å²) >= 11 is 1.34. The van der Waals surface area contributed by atoms with Crippen molar-refractivity contribution in [3.8, 4) is 0 Å². The lowest BCUT2D eigenvalue weighted by Crippen LogP contribution is -2.21. The van der Waals surface area contributed by atoms with Gasteiger partial charge in [-0.2, -0.15) is 0 Å². The lowest BCUT2D eigenvalue weighted by Gasteiger charge is -2.14. The largest absolute Gasteiger partial charge is 0.395 e. The Kier molecular flexibility index (Phi) is 4.33. The average Bonchev–Trinajstić information content (AvgIpc) is 3.00. The zero-order chi connectivity index (χ0) is 17.2. The second kappa shape index (κ2) is 6.78. The number of hydrogen-bond acceptors (Lipinski definition) is 6.